The van der Waals surface area contributed by atoms with E-state index in [9.17, 15) is 4.79 Å². The van der Waals surface area contributed by atoms with Crippen molar-refractivity contribution in [2.45, 2.75) is 33.0 Å². The van der Waals surface area contributed by atoms with Crippen LogP contribution >= 0.6 is 0 Å². The number of hydrogen-bond acceptors (Lipinski definition) is 3. The van der Waals surface area contributed by atoms with Gasteiger partial charge >= 0.3 is 6.16 Å². The Kier molecular flexibility index (Phi) is 5.56. The zero-order valence-corrected chi connectivity index (χ0v) is 6.87. The second-order valence-corrected chi connectivity index (χ2v) is 2.18. The van der Waals surface area contributed by atoms with Gasteiger partial charge < -0.3 is 14.6 Å². The molecule has 11 heavy (non-hydrogen) atoms. The molecule has 66 valence electrons. The van der Waals surface area contributed by atoms with Gasteiger partial charge in [0.25, 0.3) is 0 Å². The van der Waals surface area contributed by atoms with Gasteiger partial charge in [-0.3, -0.25) is 0 Å². The number of hydrogen-bond donors (Lipinski definition) is 1. The lowest BCUT2D eigenvalue weighted by atomic mass is 10.4. The molecule has 0 spiro atoms. The van der Waals surface area contributed by atoms with Crippen LogP contribution in [0.25, 0.3) is 0 Å². The van der Waals surface area contributed by atoms with Crippen molar-refractivity contribution in [1.29, 1.82) is 0 Å². The first-order valence-electron chi connectivity index (χ1n) is 3.68. The third-order valence-corrected chi connectivity index (χ3v) is 1.12. The lowest BCUT2D eigenvalue weighted by Crippen LogP contribution is -2.17. The van der Waals surface area contributed by atoms with Crippen LogP contribution in [0, 0.1) is 0 Å². The van der Waals surface area contributed by atoms with E-state index in [1.807, 2.05) is 6.92 Å². The highest BCUT2D eigenvalue weighted by molar-refractivity contribution is 5.56. The minimum absolute atomic E-state index is 0.547. The van der Waals surface area contributed by atoms with Crippen molar-refractivity contribution >= 4 is 6.16 Å². The fourth-order valence-corrected chi connectivity index (χ4v) is 0.570. The van der Waals surface area contributed by atoms with Gasteiger partial charge in [-0.2, -0.15) is 0 Å². The van der Waals surface area contributed by atoms with Crippen LogP contribution < -0.4 is 0 Å². The van der Waals surface area contributed by atoms with Crippen LogP contribution in [0.2, 0.25) is 0 Å². The Morgan fingerprint density at radius 1 is 1.64 bits per heavy atom. The molecule has 0 aliphatic heterocycles. The highest BCUT2D eigenvalue weighted by Gasteiger charge is 2.05. The van der Waals surface area contributed by atoms with Crippen molar-refractivity contribution in [2.75, 3.05) is 6.61 Å². The predicted octanol–water partition coefficient (Wildman–Crippen LogP) is 1.84. The van der Waals surface area contributed by atoms with Gasteiger partial charge in [0.05, 0.1) is 6.61 Å². The van der Waals surface area contributed by atoms with E-state index >= 15 is 0 Å². The monoisotopic (exact) mass is 162 g/mol. The number of carbonyl (C=O) groups is 1. The topological polar surface area (TPSA) is 55.8 Å². The molecule has 0 aliphatic carbocycles. The summed E-state index contributed by atoms with van der Waals surface area (Å²) in [6.07, 6.45) is 0.000617. The van der Waals surface area contributed by atoms with Gasteiger partial charge in [0.2, 0.25) is 6.29 Å². The standard InChI is InChI=1S/C7H14O4/c1-3-4-5-10-6(2)11-7(8)9/h6H,3-5H2,1-2H3,(H,8,9). The molecule has 4 nitrogen and oxygen atoms in total. The van der Waals surface area contributed by atoms with Gasteiger partial charge in [0.1, 0.15) is 0 Å². The van der Waals surface area contributed by atoms with E-state index in [4.69, 9.17) is 9.84 Å². The van der Waals surface area contributed by atoms with Crippen molar-refractivity contribution in [1.82, 2.24) is 0 Å². The molecule has 0 amide bonds. The average Bonchev–Trinajstić information content (AvgIpc) is 1.86. The quantitative estimate of drug-likeness (QED) is 0.380. The molecular formula is C7H14O4. The lowest BCUT2D eigenvalue weighted by molar-refractivity contribution is -0.105. The minimum atomic E-state index is -1.30. The number of rotatable bonds is 5. The third-order valence-electron chi connectivity index (χ3n) is 1.12. The fourth-order valence-electron chi connectivity index (χ4n) is 0.570. The summed E-state index contributed by atoms with van der Waals surface area (Å²) in [5, 5.41) is 8.14. The molecule has 0 saturated heterocycles. The zero-order valence-electron chi connectivity index (χ0n) is 6.87. The highest BCUT2D eigenvalue weighted by atomic mass is 16.8. The lowest BCUT2D eigenvalue weighted by Gasteiger charge is -2.10. The van der Waals surface area contributed by atoms with Crippen LogP contribution in [-0.4, -0.2) is 24.2 Å². The summed E-state index contributed by atoms with van der Waals surface area (Å²) < 4.78 is 9.28. The average molecular weight is 162 g/mol. The molecule has 0 heterocycles. The summed E-state index contributed by atoms with van der Waals surface area (Å²) in [5.74, 6) is 0. The summed E-state index contributed by atoms with van der Waals surface area (Å²) in [6, 6.07) is 0. The predicted molar refractivity (Wildman–Crippen MR) is 39.4 cm³/mol. The second-order valence-electron chi connectivity index (χ2n) is 2.18. The normalized spacial score (nSPS) is 12.5. The summed E-state index contributed by atoms with van der Waals surface area (Å²) in [4.78, 5) is 9.94. The smallest absolute Gasteiger partial charge is 0.450 e. The second kappa shape index (κ2) is 5.97. The minimum Gasteiger partial charge on any atom is -0.450 e. The van der Waals surface area contributed by atoms with Gasteiger partial charge in [0.15, 0.2) is 0 Å². The SMILES string of the molecule is CCCCOC(C)OC(=O)O. The Balaban J connectivity index is 3.22. The Morgan fingerprint density at radius 3 is 2.73 bits per heavy atom. The number of carboxylic acid groups (broad SMARTS) is 1. The van der Waals surface area contributed by atoms with Crippen LogP contribution in [0.1, 0.15) is 26.7 Å². The van der Waals surface area contributed by atoms with E-state index in [1.54, 1.807) is 6.92 Å². The molecule has 1 unspecified atom stereocenters. The zero-order chi connectivity index (χ0) is 8.69. The first-order chi connectivity index (χ1) is 5.16. The molecule has 0 radical (unpaired) electrons. The van der Waals surface area contributed by atoms with Crippen molar-refractivity contribution in [2.24, 2.45) is 0 Å². The maximum absolute atomic E-state index is 9.94. The third kappa shape index (κ3) is 7.12. The molecular weight excluding hydrogens is 148 g/mol. The van der Waals surface area contributed by atoms with E-state index in [-0.39, 0.29) is 0 Å². The molecule has 0 bridgehead atoms. The number of ether oxygens (including phenoxy) is 2. The Labute approximate surface area is 66.1 Å². The maximum atomic E-state index is 9.94. The van der Waals surface area contributed by atoms with Crippen LogP contribution in [0.4, 0.5) is 4.79 Å². The van der Waals surface area contributed by atoms with E-state index in [1.165, 1.54) is 0 Å². The van der Waals surface area contributed by atoms with Gasteiger partial charge in [0, 0.05) is 0 Å². The first-order valence-corrected chi connectivity index (χ1v) is 3.68. The van der Waals surface area contributed by atoms with Crippen molar-refractivity contribution in [3.63, 3.8) is 0 Å². The summed E-state index contributed by atoms with van der Waals surface area (Å²) in [7, 11) is 0. The Bertz CT molecular complexity index is 113. The van der Waals surface area contributed by atoms with Crippen molar-refractivity contribution < 1.29 is 19.4 Å². The highest BCUT2D eigenvalue weighted by Crippen LogP contribution is 1.96. The molecule has 1 N–H and O–H groups in total. The summed E-state index contributed by atoms with van der Waals surface area (Å²) >= 11 is 0. The van der Waals surface area contributed by atoms with Gasteiger partial charge in [-0.15, -0.1) is 0 Å². The fraction of sp³-hybridized carbons (Fsp3) is 0.857. The van der Waals surface area contributed by atoms with Gasteiger partial charge in [-0.05, 0) is 13.3 Å². The van der Waals surface area contributed by atoms with Crippen LogP contribution in [0.3, 0.4) is 0 Å². The van der Waals surface area contributed by atoms with Crippen LogP contribution in [0.5, 0.6) is 0 Å². The van der Waals surface area contributed by atoms with E-state index < -0.39 is 12.4 Å². The number of unbranched alkanes of at least 4 members (excludes halogenated alkanes) is 1. The van der Waals surface area contributed by atoms with E-state index in [2.05, 4.69) is 4.74 Å². The van der Waals surface area contributed by atoms with Crippen LogP contribution in [0.15, 0.2) is 0 Å². The van der Waals surface area contributed by atoms with E-state index in [0.717, 1.165) is 12.8 Å². The molecule has 0 fully saturated rings. The molecule has 0 aliphatic rings. The maximum Gasteiger partial charge on any atom is 0.508 e. The van der Waals surface area contributed by atoms with Crippen LogP contribution in [-0.2, 0) is 9.47 Å². The molecule has 0 aromatic carbocycles. The van der Waals surface area contributed by atoms with Crippen molar-refractivity contribution in [3.8, 4) is 0 Å². The molecule has 1 atom stereocenters. The summed E-state index contributed by atoms with van der Waals surface area (Å²) in [5.41, 5.74) is 0. The van der Waals surface area contributed by atoms with Crippen molar-refractivity contribution in [3.05, 3.63) is 0 Å². The molecule has 0 saturated carbocycles. The van der Waals surface area contributed by atoms with Gasteiger partial charge in [-0.25, -0.2) is 4.79 Å². The molecule has 0 aromatic heterocycles. The molecule has 0 rings (SSSR count). The Hall–Kier alpha value is -0.770. The molecule has 4 heteroatoms. The summed E-state index contributed by atoms with van der Waals surface area (Å²) in [6.45, 7) is 4.14. The van der Waals surface area contributed by atoms with Gasteiger partial charge in [-0.1, -0.05) is 13.3 Å². The largest absolute Gasteiger partial charge is 0.508 e. The van der Waals surface area contributed by atoms with E-state index in [0.29, 0.717) is 6.61 Å². The molecule has 0 aromatic rings. The Morgan fingerprint density at radius 2 is 2.27 bits per heavy atom. The first kappa shape index (κ1) is 10.2.